The van der Waals surface area contributed by atoms with Gasteiger partial charge in [0, 0.05) is 7.11 Å². The maximum Gasteiger partial charge on any atom is 0.345 e. The predicted octanol–water partition coefficient (Wildman–Crippen LogP) is -0.183. The third-order valence-electron chi connectivity index (χ3n) is 1.03. The number of carboxylic acid groups (broad SMARTS) is 1. The summed E-state index contributed by atoms with van der Waals surface area (Å²) >= 11 is 0. The standard InChI is InChI=1S/C7H10O5/c1-5(6(8)9)7(10)12-4-3-11-2/h1,3-4H2,2H3,(H,8,9). The summed E-state index contributed by atoms with van der Waals surface area (Å²) in [6.07, 6.45) is 0. The number of rotatable bonds is 5. The summed E-state index contributed by atoms with van der Waals surface area (Å²) in [5.74, 6) is -2.31. The first-order valence-corrected chi connectivity index (χ1v) is 3.18. The van der Waals surface area contributed by atoms with E-state index in [9.17, 15) is 9.59 Å². The minimum Gasteiger partial charge on any atom is -0.477 e. The van der Waals surface area contributed by atoms with E-state index < -0.39 is 17.5 Å². The number of hydrogen-bond donors (Lipinski definition) is 1. The number of hydrogen-bond acceptors (Lipinski definition) is 4. The third kappa shape index (κ3) is 3.72. The third-order valence-corrected chi connectivity index (χ3v) is 1.03. The summed E-state index contributed by atoms with van der Waals surface area (Å²) in [6.45, 7) is 3.28. The number of carbonyl (C=O) groups is 2. The fraction of sp³-hybridized carbons (Fsp3) is 0.429. The monoisotopic (exact) mass is 174 g/mol. The molecule has 0 amide bonds. The van der Waals surface area contributed by atoms with Crippen LogP contribution >= 0.6 is 0 Å². The molecule has 0 rings (SSSR count). The van der Waals surface area contributed by atoms with Crippen LogP contribution in [0.2, 0.25) is 0 Å². The first-order chi connectivity index (χ1) is 5.59. The molecular weight excluding hydrogens is 164 g/mol. The van der Waals surface area contributed by atoms with Crippen molar-refractivity contribution in [1.82, 2.24) is 0 Å². The highest BCUT2D eigenvalue weighted by atomic mass is 16.6. The van der Waals surface area contributed by atoms with Crippen molar-refractivity contribution in [3.8, 4) is 0 Å². The van der Waals surface area contributed by atoms with Crippen LogP contribution in [0.25, 0.3) is 0 Å². The molecule has 0 heterocycles. The molecule has 0 spiro atoms. The molecule has 0 aliphatic heterocycles. The Kier molecular flexibility index (Phi) is 4.71. The van der Waals surface area contributed by atoms with Gasteiger partial charge in [-0.25, -0.2) is 9.59 Å². The number of carbonyl (C=O) groups excluding carboxylic acids is 1. The van der Waals surface area contributed by atoms with Crippen LogP contribution < -0.4 is 0 Å². The van der Waals surface area contributed by atoms with Crippen molar-refractivity contribution in [2.24, 2.45) is 0 Å². The summed E-state index contributed by atoms with van der Waals surface area (Å²) in [5, 5.41) is 8.28. The molecule has 0 aromatic heterocycles. The van der Waals surface area contributed by atoms with E-state index in [1.165, 1.54) is 7.11 Å². The van der Waals surface area contributed by atoms with Crippen LogP contribution in [-0.4, -0.2) is 37.4 Å². The lowest BCUT2D eigenvalue weighted by molar-refractivity contribution is -0.145. The van der Waals surface area contributed by atoms with Gasteiger partial charge < -0.3 is 14.6 Å². The van der Waals surface area contributed by atoms with Crippen molar-refractivity contribution in [2.75, 3.05) is 20.3 Å². The van der Waals surface area contributed by atoms with Gasteiger partial charge in [0.25, 0.3) is 0 Å². The minimum atomic E-state index is -1.38. The van der Waals surface area contributed by atoms with Crippen molar-refractivity contribution in [1.29, 1.82) is 0 Å². The van der Waals surface area contributed by atoms with Gasteiger partial charge in [0.1, 0.15) is 12.2 Å². The van der Waals surface area contributed by atoms with Crippen molar-refractivity contribution < 1.29 is 24.2 Å². The lowest BCUT2D eigenvalue weighted by Gasteiger charge is -2.02. The summed E-state index contributed by atoms with van der Waals surface area (Å²) < 4.78 is 9.04. The molecule has 12 heavy (non-hydrogen) atoms. The molecule has 0 saturated carbocycles. The molecule has 0 aliphatic carbocycles. The second-order valence-electron chi connectivity index (χ2n) is 1.91. The Morgan fingerprint density at radius 2 is 2.00 bits per heavy atom. The fourth-order valence-corrected chi connectivity index (χ4v) is 0.392. The number of methoxy groups -OCH3 is 1. The van der Waals surface area contributed by atoms with Crippen LogP contribution in [0.15, 0.2) is 12.2 Å². The molecule has 0 aromatic carbocycles. The Morgan fingerprint density at radius 1 is 1.42 bits per heavy atom. The molecular formula is C7H10O5. The highest BCUT2D eigenvalue weighted by Gasteiger charge is 2.15. The Bertz CT molecular complexity index is 196. The van der Waals surface area contributed by atoms with Crippen molar-refractivity contribution in [3.63, 3.8) is 0 Å². The maximum atomic E-state index is 10.7. The molecule has 0 radical (unpaired) electrons. The zero-order chi connectivity index (χ0) is 9.56. The smallest absolute Gasteiger partial charge is 0.345 e. The van der Waals surface area contributed by atoms with Crippen LogP contribution in [0.3, 0.4) is 0 Å². The average Bonchev–Trinajstić information content (AvgIpc) is 2.03. The van der Waals surface area contributed by atoms with Gasteiger partial charge in [-0.2, -0.15) is 0 Å². The Morgan fingerprint density at radius 3 is 2.42 bits per heavy atom. The molecule has 0 aromatic rings. The van der Waals surface area contributed by atoms with Crippen molar-refractivity contribution in [3.05, 3.63) is 12.2 Å². The van der Waals surface area contributed by atoms with Crippen LogP contribution in [0.4, 0.5) is 0 Å². The summed E-state index contributed by atoms with van der Waals surface area (Å²) in [5.41, 5.74) is -0.578. The molecule has 5 heteroatoms. The lowest BCUT2D eigenvalue weighted by Crippen LogP contribution is -2.16. The second kappa shape index (κ2) is 5.31. The van der Waals surface area contributed by atoms with Crippen LogP contribution in [0, 0.1) is 0 Å². The van der Waals surface area contributed by atoms with Gasteiger partial charge >= 0.3 is 11.9 Å². The van der Waals surface area contributed by atoms with E-state index in [-0.39, 0.29) is 13.2 Å². The summed E-state index contributed by atoms with van der Waals surface area (Å²) in [6, 6.07) is 0. The number of ether oxygens (including phenoxy) is 2. The fourth-order valence-electron chi connectivity index (χ4n) is 0.392. The lowest BCUT2D eigenvalue weighted by atomic mass is 10.3. The van der Waals surface area contributed by atoms with Crippen molar-refractivity contribution >= 4 is 11.9 Å². The van der Waals surface area contributed by atoms with Crippen LogP contribution in [0.1, 0.15) is 0 Å². The normalized spacial score (nSPS) is 9.08. The largest absolute Gasteiger partial charge is 0.477 e. The van der Waals surface area contributed by atoms with Gasteiger partial charge in [-0.1, -0.05) is 6.58 Å². The number of esters is 1. The maximum absolute atomic E-state index is 10.7. The highest BCUT2D eigenvalue weighted by Crippen LogP contribution is 1.93. The predicted molar refractivity (Wildman–Crippen MR) is 39.6 cm³/mol. The molecule has 1 N–H and O–H groups in total. The van der Waals surface area contributed by atoms with Gasteiger partial charge in [-0.3, -0.25) is 0 Å². The molecule has 0 atom stereocenters. The summed E-state index contributed by atoms with van der Waals surface area (Å²) in [7, 11) is 1.44. The molecule has 0 unspecified atom stereocenters. The molecule has 0 saturated heterocycles. The Hall–Kier alpha value is -1.36. The number of carboxylic acids is 1. The second-order valence-corrected chi connectivity index (χ2v) is 1.91. The van der Waals surface area contributed by atoms with Gasteiger partial charge in [0.15, 0.2) is 0 Å². The van der Waals surface area contributed by atoms with Crippen molar-refractivity contribution in [2.45, 2.75) is 0 Å². The Balaban J connectivity index is 3.73. The van der Waals surface area contributed by atoms with E-state index in [0.717, 1.165) is 0 Å². The number of aliphatic carboxylic acids is 1. The quantitative estimate of drug-likeness (QED) is 0.206. The first kappa shape index (κ1) is 10.6. The highest BCUT2D eigenvalue weighted by molar-refractivity contribution is 6.12. The summed E-state index contributed by atoms with van der Waals surface area (Å²) in [4.78, 5) is 20.8. The van der Waals surface area contributed by atoms with E-state index in [4.69, 9.17) is 5.11 Å². The molecule has 0 bridgehead atoms. The molecule has 5 nitrogen and oxygen atoms in total. The topological polar surface area (TPSA) is 72.8 Å². The van der Waals surface area contributed by atoms with E-state index in [0.29, 0.717) is 0 Å². The van der Waals surface area contributed by atoms with E-state index in [2.05, 4.69) is 16.1 Å². The minimum absolute atomic E-state index is 0.0294. The van der Waals surface area contributed by atoms with E-state index >= 15 is 0 Å². The average molecular weight is 174 g/mol. The van der Waals surface area contributed by atoms with E-state index in [1.807, 2.05) is 0 Å². The van der Waals surface area contributed by atoms with Crippen LogP contribution in [-0.2, 0) is 19.1 Å². The zero-order valence-electron chi connectivity index (χ0n) is 6.70. The van der Waals surface area contributed by atoms with E-state index in [1.54, 1.807) is 0 Å². The van der Waals surface area contributed by atoms with Crippen LogP contribution in [0.5, 0.6) is 0 Å². The Labute approximate surface area is 69.6 Å². The molecule has 0 fully saturated rings. The SMILES string of the molecule is C=C(C(=O)O)C(=O)OCCOC. The first-order valence-electron chi connectivity index (χ1n) is 3.18. The van der Waals surface area contributed by atoms with Gasteiger partial charge in [0.05, 0.1) is 6.61 Å². The van der Waals surface area contributed by atoms with Gasteiger partial charge in [-0.15, -0.1) is 0 Å². The zero-order valence-corrected chi connectivity index (χ0v) is 6.70. The van der Waals surface area contributed by atoms with Gasteiger partial charge in [0.2, 0.25) is 0 Å². The van der Waals surface area contributed by atoms with Gasteiger partial charge in [-0.05, 0) is 0 Å². The molecule has 68 valence electrons. The molecule has 0 aliphatic rings.